The van der Waals surface area contributed by atoms with E-state index in [1.54, 1.807) is 0 Å². The molecule has 0 amide bonds. The van der Waals surface area contributed by atoms with E-state index in [9.17, 15) is 58.3 Å². The van der Waals surface area contributed by atoms with Crippen LogP contribution in [0.5, 0.6) is 0 Å². The van der Waals surface area contributed by atoms with Gasteiger partial charge in [-0.3, -0.25) is 0 Å². The molecule has 0 aromatic rings. The summed E-state index contributed by atoms with van der Waals surface area (Å²) in [6, 6.07) is 0. The van der Waals surface area contributed by atoms with E-state index < -0.39 is 59.4 Å². The summed E-state index contributed by atoms with van der Waals surface area (Å²) < 4.78 is 179. The van der Waals surface area contributed by atoms with Gasteiger partial charge in [-0.05, 0) is 64.2 Å². The lowest BCUT2D eigenvalue weighted by Crippen LogP contribution is -2.19. The number of hydrogen-bond acceptors (Lipinski definition) is 4. The highest BCUT2D eigenvalue weighted by Crippen LogP contribution is 2.99. The Hall–Kier alpha value is -0.390. The Bertz CT molecular complexity index is 1140. The fraction of sp³-hybridized carbons (Fsp3) is 0.900. The highest BCUT2D eigenvalue weighted by Gasteiger charge is 2.64. The molecule has 4 nitrogen and oxygen atoms in total. The van der Waals surface area contributed by atoms with Gasteiger partial charge in [-0.1, -0.05) is 192 Å². The minimum atomic E-state index is -9.36. The first kappa shape index (κ1) is 69.2. The van der Waals surface area contributed by atoms with Crippen molar-refractivity contribution in [1.29, 1.82) is 0 Å². The van der Waals surface area contributed by atoms with E-state index in [0.29, 0.717) is 44.8 Å². The van der Waals surface area contributed by atoms with Gasteiger partial charge in [-0.2, -0.15) is 0 Å². The topological polar surface area (TPSA) is 80.9 Å². The van der Waals surface area contributed by atoms with Gasteiger partial charge in [0.15, 0.2) is 0 Å². The van der Waals surface area contributed by atoms with Crippen molar-refractivity contribution in [3.05, 3.63) is 24.1 Å². The predicted octanol–water partition coefficient (Wildman–Crippen LogP) is 19.4. The summed E-state index contributed by atoms with van der Waals surface area (Å²) in [4.78, 5) is 0. The van der Waals surface area contributed by atoms with Crippen molar-refractivity contribution in [1.82, 2.24) is 0 Å². The van der Waals surface area contributed by atoms with Crippen LogP contribution < -0.4 is 0 Å². The van der Waals surface area contributed by atoms with Crippen molar-refractivity contribution in [2.75, 3.05) is 37.9 Å². The molecule has 0 heterocycles. The Balaban J connectivity index is -0.000000373. The molecule has 63 heavy (non-hydrogen) atoms. The lowest BCUT2D eigenvalue weighted by atomic mass is 10.1. The molecular formula is C40H80ClF15O4S3. The van der Waals surface area contributed by atoms with Gasteiger partial charge < -0.3 is 20.4 Å². The fourth-order valence-corrected chi connectivity index (χ4v) is 8.56. The van der Waals surface area contributed by atoms with Crippen LogP contribution >= 0.6 is 42.3 Å². The molecule has 0 aliphatic rings. The summed E-state index contributed by atoms with van der Waals surface area (Å²) in [5.74, 6) is -4.10. The van der Waals surface area contributed by atoms with Gasteiger partial charge in [-0.25, -0.2) is 0 Å². The first-order chi connectivity index (χ1) is 28.4. The summed E-state index contributed by atoms with van der Waals surface area (Å²) in [5.41, 5.74) is 0. The van der Waals surface area contributed by atoms with Gasteiger partial charge in [0, 0.05) is 26.4 Å². The molecular weight excluding hydrogens is 961 g/mol. The Morgan fingerprint density at radius 1 is 0.381 bits per heavy atom. The van der Waals surface area contributed by atoms with E-state index >= 15 is 0 Å². The van der Waals surface area contributed by atoms with Gasteiger partial charge in [0.1, 0.15) is 5.75 Å². The van der Waals surface area contributed by atoms with Gasteiger partial charge >= 0.3 is 10.2 Å². The first-order valence-electron chi connectivity index (χ1n) is 22.0. The van der Waals surface area contributed by atoms with Crippen molar-refractivity contribution in [2.45, 2.75) is 192 Å². The van der Waals surface area contributed by atoms with Gasteiger partial charge in [0.05, 0.1) is 16.5 Å². The molecule has 0 aromatic carbocycles. The van der Waals surface area contributed by atoms with Gasteiger partial charge in [0.2, 0.25) is 0 Å². The van der Waals surface area contributed by atoms with E-state index in [1.165, 1.54) is 32.1 Å². The number of hydrogen-bond donors (Lipinski definition) is 4. The second kappa shape index (κ2) is 30.9. The molecule has 4 N–H and O–H groups in total. The Morgan fingerprint density at radius 2 is 0.667 bits per heavy atom. The molecule has 0 aromatic heterocycles. The SMILES string of the molecule is C=CCCCCCCCCO.OCCCCCCCC/C=C\S(F)(F)(F)(F)F.OCCCCCCCCC(Cl)CS(F)(F)(F)(F)F.OCCCCCCCCCCS(F)(F)(F)(F)F. The summed E-state index contributed by atoms with van der Waals surface area (Å²) >= 11 is 5.30. The minimum absolute atomic E-state index is 0.0194. The lowest BCUT2D eigenvalue weighted by molar-refractivity contribution is 0.282. The quantitative estimate of drug-likeness (QED) is 0.0216. The fourth-order valence-electron chi connectivity index (χ4n) is 5.60. The van der Waals surface area contributed by atoms with Gasteiger partial charge in [0.25, 0.3) is 20.4 Å². The Kier molecular flexibility index (Phi) is 33.9. The molecule has 0 bridgehead atoms. The third-order valence-electron chi connectivity index (χ3n) is 8.81. The van der Waals surface area contributed by atoms with Crippen LogP contribution in [0.4, 0.5) is 58.3 Å². The molecule has 1 unspecified atom stereocenters. The largest absolute Gasteiger partial charge is 0.396 e. The summed E-state index contributed by atoms with van der Waals surface area (Å²) in [6.07, 6.45) is 24.4. The molecule has 0 radical (unpaired) electrons. The van der Waals surface area contributed by atoms with Crippen LogP contribution in [0.15, 0.2) is 24.1 Å². The molecule has 0 fully saturated rings. The Labute approximate surface area is 373 Å². The minimum Gasteiger partial charge on any atom is -0.396 e. The van der Waals surface area contributed by atoms with Gasteiger partial charge in [-0.15, -0.1) is 18.2 Å². The number of rotatable bonds is 37. The second-order valence-electron chi connectivity index (χ2n) is 15.9. The van der Waals surface area contributed by atoms with Crippen LogP contribution in [0.25, 0.3) is 0 Å². The number of allylic oxidation sites excluding steroid dienone is 2. The summed E-state index contributed by atoms with van der Waals surface area (Å²) in [6.45, 7) is 4.46. The molecule has 1 atom stereocenters. The zero-order chi connectivity index (χ0) is 49.7. The highest BCUT2D eigenvalue weighted by atomic mass is 35.5. The average Bonchev–Trinajstić information content (AvgIpc) is 3.10. The zero-order valence-corrected chi connectivity index (χ0v) is 40.0. The monoisotopic (exact) mass is 1040 g/mol. The van der Waals surface area contributed by atoms with Crippen LogP contribution in [0, 0.1) is 0 Å². The lowest BCUT2D eigenvalue weighted by Gasteiger charge is -2.41. The normalized spacial score (nSPS) is 16.0. The average molecular weight is 1040 g/mol. The van der Waals surface area contributed by atoms with Crippen molar-refractivity contribution in [2.24, 2.45) is 0 Å². The van der Waals surface area contributed by atoms with Crippen molar-refractivity contribution >= 4 is 42.3 Å². The van der Waals surface area contributed by atoms with Crippen molar-refractivity contribution < 1.29 is 78.7 Å². The van der Waals surface area contributed by atoms with E-state index in [2.05, 4.69) is 6.58 Å². The van der Waals surface area contributed by atoms with Crippen LogP contribution in [-0.2, 0) is 0 Å². The maximum Gasteiger partial charge on any atom is 0.304 e. The summed E-state index contributed by atoms with van der Waals surface area (Å²) in [7, 11) is -27.9. The van der Waals surface area contributed by atoms with E-state index in [0.717, 1.165) is 96.3 Å². The molecule has 0 saturated carbocycles. The molecule has 0 spiro atoms. The van der Waals surface area contributed by atoms with Crippen molar-refractivity contribution in [3.8, 4) is 0 Å². The first-order valence-corrected chi connectivity index (χ1v) is 28.7. The maximum atomic E-state index is 12.1. The number of alkyl halides is 1. The molecule has 0 rings (SSSR count). The van der Waals surface area contributed by atoms with Crippen molar-refractivity contribution in [3.63, 3.8) is 0 Å². The van der Waals surface area contributed by atoms with Crippen LogP contribution in [-0.4, -0.2) is 63.7 Å². The Morgan fingerprint density at radius 3 is 0.952 bits per heavy atom. The van der Waals surface area contributed by atoms with Crippen LogP contribution in [0.2, 0.25) is 0 Å². The molecule has 0 saturated heterocycles. The number of unbranched alkanes of at least 4 members (excludes halogenated alkanes) is 24. The van der Waals surface area contributed by atoms with Crippen LogP contribution in [0.3, 0.4) is 0 Å². The molecule has 394 valence electrons. The van der Waals surface area contributed by atoms with Crippen LogP contribution in [0.1, 0.15) is 186 Å². The summed E-state index contributed by atoms with van der Waals surface area (Å²) in [5, 5.41) is 31.6. The molecule has 0 aliphatic carbocycles. The standard InChI is InChI=1S/C10H20ClF5OS.C10H21F5OS.C10H19F5OS.C10H20O/c11-10(9-18(12,13,14,15)16)7-5-3-1-2-4-6-8-17;2*11-17(12,13,14,15)10-8-6-4-2-1-3-5-7-9-16;1-2-3-4-5-6-7-8-9-10-11/h10,17H,1-9H2;16H,1-10H2;8,10,16H,1-7,9H2;2,11H,1,3-10H2/b;;10-8-;. The van der Waals surface area contributed by atoms with E-state index in [-0.39, 0.29) is 39.1 Å². The molecule has 23 heteroatoms. The number of halogens is 16. The third-order valence-corrected chi connectivity index (χ3v) is 12.2. The highest BCUT2D eigenvalue weighted by molar-refractivity contribution is 8.48. The predicted molar refractivity (Wildman–Crippen MR) is 240 cm³/mol. The number of aliphatic hydroxyl groups excluding tert-OH is 4. The maximum absolute atomic E-state index is 12.1. The van der Waals surface area contributed by atoms with E-state index in [1.807, 2.05) is 6.08 Å². The molecule has 0 aliphatic heterocycles. The zero-order valence-electron chi connectivity index (χ0n) is 36.8. The van der Waals surface area contributed by atoms with E-state index in [4.69, 9.17) is 32.0 Å². The number of aliphatic hydroxyl groups is 4. The second-order valence-corrected chi connectivity index (χ2v) is 24.1. The smallest absolute Gasteiger partial charge is 0.304 e. The third kappa shape index (κ3) is 82.2.